The van der Waals surface area contributed by atoms with Crippen LogP contribution < -0.4 is 0 Å². The summed E-state index contributed by atoms with van der Waals surface area (Å²) in [4.78, 5) is 19.3. The highest BCUT2D eigenvalue weighted by atomic mass is 35.5. The van der Waals surface area contributed by atoms with Crippen molar-refractivity contribution < 1.29 is 4.79 Å². The Hall–Kier alpha value is -2.56. The molecule has 0 saturated carbocycles. The predicted octanol–water partition coefficient (Wildman–Crippen LogP) is 5.74. The Labute approximate surface area is 160 Å². The number of para-hydroxylation sites is 1. The highest BCUT2D eigenvalue weighted by molar-refractivity contribution is 7.10. The van der Waals surface area contributed by atoms with E-state index in [4.69, 9.17) is 11.6 Å². The van der Waals surface area contributed by atoms with Crippen LogP contribution in [0.3, 0.4) is 0 Å². The standard InChI is InChI=1S/C21H17ClN2OS/c1-24(21(25)14-8-10-15(22)11-9-14)20(19-7-4-12-26-19)17-13-23-18-6-3-2-5-16(17)18/h2-13,20,23H,1H3/t20-/m0/s1. The molecule has 4 rings (SSSR count). The Kier molecular flexibility index (Phi) is 4.53. The molecule has 26 heavy (non-hydrogen) atoms. The quantitative estimate of drug-likeness (QED) is 0.481. The minimum absolute atomic E-state index is 0.0367. The molecule has 3 nitrogen and oxygen atoms in total. The topological polar surface area (TPSA) is 36.1 Å². The lowest BCUT2D eigenvalue weighted by molar-refractivity contribution is 0.0758. The number of thiophene rings is 1. The largest absolute Gasteiger partial charge is 0.361 e. The van der Waals surface area contributed by atoms with E-state index in [9.17, 15) is 4.79 Å². The van der Waals surface area contributed by atoms with Crippen LogP contribution in [0.5, 0.6) is 0 Å². The number of benzene rings is 2. The van der Waals surface area contributed by atoms with Crippen molar-refractivity contribution in [2.75, 3.05) is 7.05 Å². The van der Waals surface area contributed by atoms with E-state index in [1.807, 2.05) is 42.9 Å². The summed E-state index contributed by atoms with van der Waals surface area (Å²) in [5, 5.41) is 3.79. The van der Waals surface area contributed by atoms with Crippen molar-refractivity contribution in [3.8, 4) is 0 Å². The van der Waals surface area contributed by atoms with Crippen molar-refractivity contribution in [2.45, 2.75) is 6.04 Å². The van der Waals surface area contributed by atoms with Gasteiger partial charge in [-0.2, -0.15) is 0 Å². The van der Waals surface area contributed by atoms with E-state index in [2.05, 4.69) is 17.1 Å². The van der Waals surface area contributed by atoms with Crippen molar-refractivity contribution in [3.63, 3.8) is 0 Å². The van der Waals surface area contributed by atoms with Gasteiger partial charge in [0.25, 0.3) is 5.91 Å². The molecule has 0 aliphatic carbocycles. The lowest BCUT2D eigenvalue weighted by atomic mass is 10.0. The van der Waals surface area contributed by atoms with Gasteiger partial charge in [-0.1, -0.05) is 35.9 Å². The Morgan fingerprint density at radius 2 is 1.85 bits per heavy atom. The molecule has 1 N–H and O–H groups in total. The zero-order chi connectivity index (χ0) is 18.1. The molecule has 0 fully saturated rings. The number of carbonyl (C=O) groups excluding carboxylic acids is 1. The van der Waals surface area contributed by atoms with Gasteiger partial charge in [0.2, 0.25) is 0 Å². The molecule has 0 saturated heterocycles. The maximum Gasteiger partial charge on any atom is 0.254 e. The summed E-state index contributed by atoms with van der Waals surface area (Å²) in [5.74, 6) is -0.0367. The lowest BCUT2D eigenvalue weighted by Crippen LogP contribution is -2.31. The zero-order valence-corrected chi connectivity index (χ0v) is 15.7. The average Bonchev–Trinajstić information content (AvgIpc) is 3.33. The minimum atomic E-state index is -0.158. The van der Waals surface area contributed by atoms with E-state index in [0.717, 1.165) is 21.3 Å². The van der Waals surface area contributed by atoms with Crippen molar-refractivity contribution >= 4 is 39.7 Å². The first-order valence-electron chi connectivity index (χ1n) is 8.27. The first-order chi connectivity index (χ1) is 12.6. The number of aromatic nitrogens is 1. The van der Waals surface area contributed by atoms with Gasteiger partial charge in [0.05, 0.1) is 6.04 Å². The predicted molar refractivity (Wildman–Crippen MR) is 108 cm³/mol. The van der Waals surface area contributed by atoms with Crippen molar-refractivity contribution in [1.29, 1.82) is 0 Å². The summed E-state index contributed by atoms with van der Waals surface area (Å²) >= 11 is 7.61. The summed E-state index contributed by atoms with van der Waals surface area (Å²) in [6, 6.07) is 19.1. The number of nitrogens with one attached hydrogen (secondary N) is 1. The monoisotopic (exact) mass is 380 g/mol. The van der Waals surface area contributed by atoms with Crippen LogP contribution in [0.25, 0.3) is 10.9 Å². The van der Waals surface area contributed by atoms with Gasteiger partial charge in [-0.05, 0) is 41.8 Å². The fourth-order valence-electron chi connectivity index (χ4n) is 3.23. The highest BCUT2D eigenvalue weighted by Crippen LogP contribution is 2.36. The molecule has 0 aliphatic heterocycles. The number of nitrogens with zero attached hydrogens (tertiary/aromatic N) is 1. The van der Waals surface area contributed by atoms with Gasteiger partial charge in [-0.25, -0.2) is 0 Å². The Balaban J connectivity index is 1.79. The number of amides is 1. The van der Waals surface area contributed by atoms with E-state index in [1.165, 1.54) is 0 Å². The van der Waals surface area contributed by atoms with Crippen LogP contribution in [0.2, 0.25) is 5.02 Å². The first kappa shape index (κ1) is 16.9. The summed E-state index contributed by atoms with van der Waals surface area (Å²) in [7, 11) is 1.85. The number of hydrogen-bond donors (Lipinski definition) is 1. The molecular weight excluding hydrogens is 364 g/mol. The second kappa shape index (κ2) is 6.98. The molecular formula is C21H17ClN2OS. The number of carbonyl (C=O) groups is 1. The SMILES string of the molecule is CN(C(=O)c1ccc(Cl)cc1)[C@H](c1cccs1)c1c[nH]c2ccccc12. The van der Waals surface area contributed by atoms with E-state index >= 15 is 0 Å². The van der Waals surface area contributed by atoms with Gasteiger partial charge in [0, 0.05) is 45.2 Å². The fraction of sp³-hybridized carbons (Fsp3) is 0.0952. The van der Waals surface area contributed by atoms with Crippen molar-refractivity contribution in [3.05, 3.63) is 93.3 Å². The molecule has 1 amide bonds. The van der Waals surface area contributed by atoms with Crippen LogP contribution in [-0.4, -0.2) is 22.8 Å². The third kappa shape index (κ3) is 3.02. The van der Waals surface area contributed by atoms with Crippen LogP contribution in [0.1, 0.15) is 26.8 Å². The molecule has 2 heterocycles. The smallest absolute Gasteiger partial charge is 0.254 e. The maximum absolute atomic E-state index is 13.1. The van der Waals surface area contributed by atoms with Crippen molar-refractivity contribution in [2.24, 2.45) is 0 Å². The van der Waals surface area contributed by atoms with Crippen LogP contribution in [0.15, 0.2) is 72.2 Å². The summed E-state index contributed by atoms with van der Waals surface area (Å²) in [6.07, 6.45) is 2.00. The Morgan fingerprint density at radius 3 is 2.58 bits per heavy atom. The van der Waals surface area contributed by atoms with Gasteiger partial charge in [-0.15, -0.1) is 11.3 Å². The van der Waals surface area contributed by atoms with Crippen molar-refractivity contribution in [1.82, 2.24) is 9.88 Å². The Morgan fingerprint density at radius 1 is 1.08 bits per heavy atom. The molecule has 0 spiro atoms. The molecule has 0 radical (unpaired) electrons. The molecule has 2 aromatic carbocycles. The molecule has 0 aliphatic rings. The van der Waals surface area contributed by atoms with E-state index in [-0.39, 0.29) is 11.9 Å². The van der Waals surface area contributed by atoms with Crippen LogP contribution >= 0.6 is 22.9 Å². The molecule has 2 aromatic heterocycles. The molecule has 130 valence electrons. The highest BCUT2D eigenvalue weighted by Gasteiger charge is 2.27. The Bertz CT molecular complexity index is 1040. The minimum Gasteiger partial charge on any atom is -0.361 e. The van der Waals surface area contributed by atoms with Gasteiger partial charge in [-0.3, -0.25) is 4.79 Å². The second-order valence-electron chi connectivity index (χ2n) is 6.13. The third-order valence-electron chi connectivity index (χ3n) is 4.53. The third-order valence-corrected chi connectivity index (χ3v) is 5.70. The van der Waals surface area contributed by atoms with Gasteiger partial charge < -0.3 is 9.88 Å². The lowest BCUT2D eigenvalue weighted by Gasteiger charge is -2.27. The zero-order valence-electron chi connectivity index (χ0n) is 14.1. The molecule has 4 aromatic rings. The molecule has 0 bridgehead atoms. The summed E-state index contributed by atoms with van der Waals surface area (Å²) in [6.45, 7) is 0. The van der Waals surface area contributed by atoms with E-state index in [0.29, 0.717) is 10.6 Å². The summed E-state index contributed by atoms with van der Waals surface area (Å²) < 4.78 is 0. The summed E-state index contributed by atoms with van der Waals surface area (Å²) in [5.41, 5.74) is 2.78. The number of hydrogen-bond acceptors (Lipinski definition) is 2. The van der Waals surface area contributed by atoms with E-state index in [1.54, 1.807) is 40.5 Å². The van der Waals surface area contributed by atoms with Gasteiger partial charge >= 0.3 is 0 Å². The van der Waals surface area contributed by atoms with Gasteiger partial charge in [0.15, 0.2) is 0 Å². The van der Waals surface area contributed by atoms with Gasteiger partial charge in [0.1, 0.15) is 0 Å². The number of halogens is 1. The number of fused-ring (bicyclic) bond motifs is 1. The van der Waals surface area contributed by atoms with Crippen LogP contribution in [-0.2, 0) is 0 Å². The number of H-pyrrole nitrogens is 1. The second-order valence-corrected chi connectivity index (χ2v) is 7.55. The molecule has 1 atom stereocenters. The van der Waals surface area contributed by atoms with Crippen LogP contribution in [0.4, 0.5) is 0 Å². The normalized spacial score (nSPS) is 12.2. The van der Waals surface area contributed by atoms with E-state index < -0.39 is 0 Å². The maximum atomic E-state index is 13.1. The number of aromatic amines is 1. The number of rotatable bonds is 4. The molecule has 5 heteroatoms. The van der Waals surface area contributed by atoms with Crippen LogP contribution in [0, 0.1) is 0 Å². The average molecular weight is 381 g/mol. The molecule has 0 unspecified atom stereocenters. The first-order valence-corrected chi connectivity index (χ1v) is 9.53. The fourth-order valence-corrected chi connectivity index (χ4v) is 4.24.